The van der Waals surface area contributed by atoms with Gasteiger partial charge in [-0.1, -0.05) is 23.2 Å². The topological polar surface area (TPSA) is 79.0 Å². The Morgan fingerprint density at radius 2 is 2.05 bits per heavy atom. The summed E-state index contributed by atoms with van der Waals surface area (Å²) in [5, 5.41) is -0.179. The number of hydrogen-bond donors (Lipinski definition) is 2. The second kappa shape index (κ2) is 5.64. The average molecular weight is 339 g/mol. The first-order valence-corrected chi connectivity index (χ1v) is 8.06. The van der Waals surface area contributed by atoms with Crippen molar-refractivity contribution in [2.45, 2.75) is 11.4 Å². The Morgan fingerprint density at radius 1 is 1.32 bits per heavy atom. The molecule has 0 aliphatic carbocycles. The number of nitrogens with one attached hydrogen (secondary N) is 2. The van der Waals surface area contributed by atoms with E-state index in [1.54, 1.807) is 12.1 Å². The van der Waals surface area contributed by atoms with Crippen LogP contribution in [0.5, 0.6) is 0 Å². The van der Waals surface area contributed by atoms with Crippen molar-refractivity contribution in [2.75, 3.05) is 0 Å². The van der Waals surface area contributed by atoms with Gasteiger partial charge < -0.3 is 4.98 Å². The van der Waals surface area contributed by atoms with Gasteiger partial charge in [0, 0.05) is 17.6 Å². The summed E-state index contributed by atoms with van der Waals surface area (Å²) in [4.78, 5) is 14.0. The molecule has 9 heteroatoms. The van der Waals surface area contributed by atoms with Crippen molar-refractivity contribution in [1.82, 2.24) is 9.71 Å². The number of aromatic nitrogens is 1. The van der Waals surface area contributed by atoms with Crippen molar-refractivity contribution in [1.29, 1.82) is 0 Å². The van der Waals surface area contributed by atoms with E-state index in [-0.39, 0.29) is 16.5 Å². The number of sulfonamides is 1. The third kappa shape index (κ3) is 3.58. The standard InChI is InChI=1S/C10H8Cl2N2O3S2/c11-8-3-7(5-13-10(8)15)19(16,17)14-4-6-1-2-9(12)18-6/h1-3,5,14H,4H2,(H,13,15). The van der Waals surface area contributed by atoms with Gasteiger partial charge >= 0.3 is 0 Å². The molecule has 0 saturated carbocycles. The molecular weight excluding hydrogens is 331 g/mol. The van der Waals surface area contributed by atoms with Gasteiger partial charge in [-0.3, -0.25) is 4.79 Å². The van der Waals surface area contributed by atoms with Gasteiger partial charge in [-0.25, -0.2) is 13.1 Å². The zero-order valence-electron chi connectivity index (χ0n) is 9.31. The lowest BCUT2D eigenvalue weighted by molar-refractivity contribution is 0.581. The summed E-state index contributed by atoms with van der Waals surface area (Å²) in [6, 6.07) is 4.52. The van der Waals surface area contributed by atoms with Gasteiger partial charge in [-0.15, -0.1) is 11.3 Å². The van der Waals surface area contributed by atoms with Gasteiger partial charge in [0.2, 0.25) is 10.0 Å². The molecule has 2 aromatic rings. The van der Waals surface area contributed by atoms with Gasteiger partial charge in [0.15, 0.2) is 0 Å². The smallest absolute Gasteiger partial charge is 0.266 e. The minimum Gasteiger partial charge on any atom is -0.326 e. The SMILES string of the molecule is O=c1[nH]cc(S(=O)(=O)NCc2ccc(Cl)s2)cc1Cl. The molecule has 2 heterocycles. The Kier molecular flexibility index (Phi) is 4.32. The maximum Gasteiger partial charge on any atom is 0.266 e. The van der Waals surface area contributed by atoms with Gasteiger partial charge in [0.25, 0.3) is 5.56 Å². The maximum atomic E-state index is 12.0. The van der Waals surface area contributed by atoms with E-state index in [0.29, 0.717) is 4.34 Å². The molecule has 0 bridgehead atoms. The summed E-state index contributed by atoms with van der Waals surface area (Å²) in [5.74, 6) is 0. The highest BCUT2D eigenvalue weighted by molar-refractivity contribution is 7.89. The van der Waals surface area contributed by atoms with Crippen LogP contribution in [0.2, 0.25) is 9.36 Å². The first kappa shape index (κ1) is 14.5. The Morgan fingerprint density at radius 3 is 2.63 bits per heavy atom. The quantitative estimate of drug-likeness (QED) is 0.896. The molecule has 19 heavy (non-hydrogen) atoms. The Bertz CT molecular complexity index is 752. The minimum atomic E-state index is -3.73. The molecule has 0 aliphatic rings. The molecule has 0 aromatic carbocycles. The number of H-pyrrole nitrogens is 1. The summed E-state index contributed by atoms with van der Waals surface area (Å²) in [7, 11) is -3.73. The minimum absolute atomic E-state index is 0.0975. The number of hydrogen-bond acceptors (Lipinski definition) is 4. The Balaban J connectivity index is 2.18. The van der Waals surface area contributed by atoms with Crippen LogP contribution in [0, 0.1) is 0 Å². The molecule has 0 fully saturated rings. The van der Waals surface area contributed by atoms with Crippen molar-refractivity contribution in [3.05, 3.63) is 49.0 Å². The van der Waals surface area contributed by atoms with Gasteiger partial charge in [-0.2, -0.15) is 0 Å². The summed E-state index contributed by atoms with van der Waals surface area (Å²) < 4.78 is 26.9. The molecule has 0 unspecified atom stereocenters. The van der Waals surface area contributed by atoms with Crippen molar-refractivity contribution in [2.24, 2.45) is 0 Å². The predicted molar refractivity (Wildman–Crippen MR) is 75.4 cm³/mol. The highest BCUT2D eigenvalue weighted by Gasteiger charge is 2.15. The molecule has 0 radical (unpaired) electrons. The molecule has 0 amide bonds. The lowest BCUT2D eigenvalue weighted by Crippen LogP contribution is -2.24. The van der Waals surface area contributed by atoms with Crippen LogP contribution >= 0.6 is 34.5 Å². The van der Waals surface area contributed by atoms with Crippen LogP contribution in [-0.2, 0) is 16.6 Å². The van der Waals surface area contributed by atoms with Crippen molar-refractivity contribution < 1.29 is 8.42 Å². The summed E-state index contributed by atoms with van der Waals surface area (Å²) in [6.45, 7) is 0.121. The number of aromatic amines is 1. The molecule has 5 nitrogen and oxygen atoms in total. The highest BCUT2D eigenvalue weighted by Crippen LogP contribution is 2.21. The summed E-state index contributed by atoms with van der Waals surface area (Å²) in [5.41, 5.74) is -0.536. The van der Waals surface area contributed by atoms with E-state index in [4.69, 9.17) is 23.2 Å². The van der Waals surface area contributed by atoms with Crippen LogP contribution in [0.4, 0.5) is 0 Å². The lowest BCUT2D eigenvalue weighted by Gasteiger charge is -2.05. The van der Waals surface area contributed by atoms with Gasteiger partial charge in [0.1, 0.15) is 5.02 Å². The van der Waals surface area contributed by atoms with Crippen molar-refractivity contribution in [3.8, 4) is 0 Å². The maximum absolute atomic E-state index is 12.0. The molecule has 2 rings (SSSR count). The van der Waals surface area contributed by atoms with Gasteiger partial charge in [0.05, 0.1) is 9.23 Å². The first-order chi connectivity index (χ1) is 8.88. The zero-order valence-corrected chi connectivity index (χ0v) is 12.5. The zero-order chi connectivity index (χ0) is 14.0. The molecule has 0 spiro atoms. The second-order valence-corrected chi connectivity index (χ2v) is 7.52. The Labute approximate surface area is 123 Å². The fourth-order valence-electron chi connectivity index (χ4n) is 1.29. The third-order valence-corrected chi connectivity index (χ3v) is 5.10. The van der Waals surface area contributed by atoms with Crippen molar-refractivity contribution >= 4 is 44.6 Å². The van der Waals surface area contributed by atoms with E-state index < -0.39 is 15.6 Å². The van der Waals surface area contributed by atoms with Crippen LogP contribution in [0.25, 0.3) is 0 Å². The summed E-state index contributed by atoms with van der Waals surface area (Å²) in [6.07, 6.45) is 1.10. The van der Waals surface area contributed by atoms with Crippen LogP contribution in [0.1, 0.15) is 4.88 Å². The monoisotopic (exact) mass is 338 g/mol. The fourth-order valence-corrected chi connectivity index (χ4v) is 3.64. The predicted octanol–water partition coefficient (Wildman–Crippen LogP) is 2.22. The first-order valence-electron chi connectivity index (χ1n) is 5.00. The molecule has 0 atom stereocenters. The number of halogens is 2. The van der Waals surface area contributed by atoms with E-state index in [9.17, 15) is 13.2 Å². The van der Waals surface area contributed by atoms with Crippen LogP contribution in [0.3, 0.4) is 0 Å². The molecule has 2 aromatic heterocycles. The number of thiophene rings is 1. The van der Waals surface area contributed by atoms with Crippen LogP contribution in [0.15, 0.2) is 34.1 Å². The molecular formula is C10H8Cl2N2O3S2. The molecule has 2 N–H and O–H groups in total. The third-order valence-electron chi connectivity index (χ3n) is 2.21. The van der Waals surface area contributed by atoms with Crippen LogP contribution in [-0.4, -0.2) is 13.4 Å². The van der Waals surface area contributed by atoms with E-state index in [2.05, 4.69) is 9.71 Å². The normalized spacial score (nSPS) is 11.7. The molecule has 0 aliphatic heterocycles. The van der Waals surface area contributed by atoms with E-state index >= 15 is 0 Å². The summed E-state index contributed by atoms with van der Waals surface area (Å²) >= 11 is 12.6. The van der Waals surface area contributed by atoms with E-state index in [1.165, 1.54) is 11.3 Å². The lowest BCUT2D eigenvalue weighted by atomic mass is 10.5. The second-order valence-electron chi connectivity index (χ2n) is 3.54. The largest absolute Gasteiger partial charge is 0.326 e. The highest BCUT2D eigenvalue weighted by atomic mass is 35.5. The Hall–Kier alpha value is -0.860. The fraction of sp³-hybridized carbons (Fsp3) is 0.100. The van der Waals surface area contributed by atoms with Gasteiger partial charge in [-0.05, 0) is 18.2 Å². The molecule has 0 saturated heterocycles. The van der Waals surface area contributed by atoms with Crippen LogP contribution < -0.4 is 10.3 Å². The molecule has 102 valence electrons. The van der Waals surface area contributed by atoms with E-state index in [0.717, 1.165) is 17.1 Å². The van der Waals surface area contributed by atoms with E-state index in [1.807, 2.05) is 0 Å². The number of pyridine rings is 1. The number of rotatable bonds is 4. The van der Waals surface area contributed by atoms with Crippen molar-refractivity contribution in [3.63, 3.8) is 0 Å². The average Bonchev–Trinajstić information content (AvgIpc) is 2.76.